The minimum atomic E-state index is -2.88. The van der Waals surface area contributed by atoms with Gasteiger partial charge in [-0.15, -0.1) is 5.10 Å². The molecule has 0 amide bonds. The summed E-state index contributed by atoms with van der Waals surface area (Å²) in [7, 11) is 0. The highest BCUT2D eigenvalue weighted by Gasteiger charge is 2.05. The molecule has 0 spiro atoms. The van der Waals surface area contributed by atoms with Gasteiger partial charge >= 0.3 is 12.6 Å². The number of hydrogen-bond acceptors (Lipinski definition) is 6. The van der Waals surface area contributed by atoms with Gasteiger partial charge in [-0.3, -0.25) is 0 Å². The molecule has 3 rings (SSSR count). The van der Waals surface area contributed by atoms with E-state index in [1.165, 1.54) is 35.3 Å². The molecular weight excluding hydrogens is 346 g/mol. The molecule has 0 radical (unpaired) electrons. The Hall–Kier alpha value is -3.62. The maximum Gasteiger partial charge on any atom is 0.387 e. The second-order valence-electron chi connectivity index (χ2n) is 4.95. The van der Waals surface area contributed by atoms with Gasteiger partial charge in [0.25, 0.3) is 0 Å². The SMILES string of the molecule is O=C(C=Cc1ccc(OC(F)F)cc1)Oc1cccc(-n2cnnn2)c1. The number of halogens is 2. The zero-order valence-corrected chi connectivity index (χ0v) is 13.2. The number of carbonyl (C=O) groups excluding carboxylic acids is 1. The summed E-state index contributed by atoms with van der Waals surface area (Å²) < 4.78 is 35.1. The number of ether oxygens (including phenoxy) is 2. The molecule has 2 aromatic carbocycles. The van der Waals surface area contributed by atoms with E-state index in [1.54, 1.807) is 36.4 Å². The lowest BCUT2D eigenvalue weighted by Gasteiger charge is -2.04. The Bertz CT molecular complexity index is 897. The molecule has 132 valence electrons. The minimum absolute atomic E-state index is 0.0409. The van der Waals surface area contributed by atoms with Gasteiger partial charge < -0.3 is 9.47 Å². The summed E-state index contributed by atoms with van der Waals surface area (Å²) in [6, 6.07) is 12.5. The minimum Gasteiger partial charge on any atom is -0.435 e. The molecule has 9 heteroatoms. The van der Waals surface area contributed by atoms with Crippen LogP contribution < -0.4 is 9.47 Å². The third-order valence-corrected chi connectivity index (χ3v) is 3.17. The number of esters is 1. The molecule has 1 aromatic heterocycles. The summed E-state index contributed by atoms with van der Waals surface area (Å²) in [6.45, 7) is -2.88. The van der Waals surface area contributed by atoms with Gasteiger partial charge in [0.15, 0.2) is 0 Å². The van der Waals surface area contributed by atoms with Crippen molar-refractivity contribution in [3.05, 3.63) is 66.5 Å². The molecular formula is C17H12F2N4O3. The molecule has 0 aliphatic rings. The topological polar surface area (TPSA) is 79.1 Å². The standard InChI is InChI=1S/C17H12F2N4O3/c18-17(19)26-14-7-4-12(5-8-14)6-9-16(24)25-15-3-1-2-13(10-15)23-11-20-21-22-23/h1-11,17H. The number of rotatable bonds is 6. The molecule has 1 heterocycles. The quantitative estimate of drug-likeness (QED) is 0.383. The van der Waals surface area contributed by atoms with E-state index in [9.17, 15) is 13.6 Å². The van der Waals surface area contributed by atoms with Crippen LogP contribution in [0.2, 0.25) is 0 Å². The summed E-state index contributed by atoms with van der Waals surface area (Å²) in [4.78, 5) is 11.9. The highest BCUT2D eigenvalue weighted by molar-refractivity contribution is 5.88. The third kappa shape index (κ3) is 4.69. The van der Waals surface area contributed by atoms with E-state index in [4.69, 9.17) is 4.74 Å². The zero-order valence-electron chi connectivity index (χ0n) is 13.2. The summed E-state index contributed by atoms with van der Waals surface area (Å²) in [5.41, 5.74) is 1.27. The third-order valence-electron chi connectivity index (χ3n) is 3.17. The first-order valence-corrected chi connectivity index (χ1v) is 7.38. The predicted molar refractivity (Wildman–Crippen MR) is 86.9 cm³/mol. The highest BCUT2D eigenvalue weighted by atomic mass is 19.3. The van der Waals surface area contributed by atoms with E-state index in [0.29, 0.717) is 17.0 Å². The highest BCUT2D eigenvalue weighted by Crippen LogP contribution is 2.17. The van der Waals surface area contributed by atoms with Gasteiger partial charge in [-0.05, 0) is 46.3 Å². The molecule has 0 atom stereocenters. The Morgan fingerprint density at radius 2 is 1.92 bits per heavy atom. The van der Waals surface area contributed by atoms with Gasteiger partial charge in [-0.1, -0.05) is 18.2 Å². The first-order chi connectivity index (χ1) is 12.6. The molecule has 0 bridgehead atoms. The van der Waals surface area contributed by atoms with Crippen molar-refractivity contribution in [2.24, 2.45) is 0 Å². The Labute approximate surface area is 146 Å². The van der Waals surface area contributed by atoms with E-state index < -0.39 is 12.6 Å². The maximum absolute atomic E-state index is 12.1. The maximum atomic E-state index is 12.1. The van der Waals surface area contributed by atoms with Gasteiger partial charge in [0.05, 0.1) is 5.69 Å². The number of aromatic nitrogens is 4. The zero-order chi connectivity index (χ0) is 18.4. The second kappa shape index (κ2) is 7.97. The average molecular weight is 358 g/mol. The van der Waals surface area contributed by atoms with Crippen LogP contribution in [0.4, 0.5) is 8.78 Å². The van der Waals surface area contributed by atoms with Crippen LogP contribution in [0.25, 0.3) is 11.8 Å². The van der Waals surface area contributed by atoms with Crippen LogP contribution in [0.1, 0.15) is 5.56 Å². The van der Waals surface area contributed by atoms with Crippen LogP contribution in [0.3, 0.4) is 0 Å². The molecule has 0 N–H and O–H groups in total. The van der Waals surface area contributed by atoms with Crippen molar-refractivity contribution in [3.8, 4) is 17.2 Å². The van der Waals surface area contributed by atoms with Crippen LogP contribution in [0.15, 0.2) is 60.9 Å². The largest absolute Gasteiger partial charge is 0.435 e. The van der Waals surface area contributed by atoms with Crippen LogP contribution in [-0.4, -0.2) is 32.8 Å². The van der Waals surface area contributed by atoms with Gasteiger partial charge in [0.1, 0.15) is 17.8 Å². The summed E-state index contributed by atoms with van der Waals surface area (Å²) in [5, 5.41) is 10.8. The number of carbonyl (C=O) groups is 1. The lowest BCUT2D eigenvalue weighted by Crippen LogP contribution is -2.04. The summed E-state index contributed by atoms with van der Waals surface area (Å²) in [5.74, 6) is -0.223. The smallest absolute Gasteiger partial charge is 0.387 e. The first-order valence-electron chi connectivity index (χ1n) is 7.38. The van der Waals surface area contributed by atoms with Crippen LogP contribution in [0, 0.1) is 0 Å². The van der Waals surface area contributed by atoms with E-state index in [-0.39, 0.29) is 5.75 Å². The van der Waals surface area contributed by atoms with Crippen LogP contribution >= 0.6 is 0 Å². The van der Waals surface area contributed by atoms with Gasteiger partial charge in [0, 0.05) is 12.1 Å². The number of alkyl halides is 2. The molecule has 0 unspecified atom stereocenters. The number of nitrogens with zero attached hydrogens (tertiary/aromatic N) is 4. The Kier molecular flexibility index (Phi) is 5.28. The van der Waals surface area contributed by atoms with Crippen molar-refractivity contribution in [2.75, 3.05) is 0 Å². The van der Waals surface area contributed by atoms with Crippen molar-refractivity contribution in [2.45, 2.75) is 6.61 Å². The van der Waals surface area contributed by atoms with Crippen molar-refractivity contribution in [1.29, 1.82) is 0 Å². The molecule has 0 saturated carbocycles. The van der Waals surface area contributed by atoms with Gasteiger partial charge in [0.2, 0.25) is 0 Å². The fraction of sp³-hybridized carbons (Fsp3) is 0.0588. The molecule has 26 heavy (non-hydrogen) atoms. The summed E-state index contributed by atoms with van der Waals surface area (Å²) >= 11 is 0. The van der Waals surface area contributed by atoms with Crippen molar-refractivity contribution >= 4 is 12.0 Å². The molecule has 0 saturated heterocycles. The lowest BCUT2D eigenvalue weighted by atomic mass is 10.2. The Morgan fingerprint density at radius 1 is 1.12 bits per heavy atom. The van der Waals surface area contributed by atoms with Crippen molar-refractivity contribution < 1.29 is 23.0 Å². The number of benzene rings is 2. The molecule has 0 aliphatic carbocycles. The van der Waals surface area contributed by atoms with Crippen molar-refractivity contribution in [1.82, 2.24) is 20.2 Å². The van der Waals surface area contributed by atoms with Gasteiger partial charge in [-0.25, -0.2) is 9.48 Å². The second-order valence-corrected chi connectivity index (χ2v) is 4.95. The fourth-order valence-electron chi connectivity index (χ4n) is 2.04. The lowest BCUT2D eigenvalue weighted by molar-refractivity contribution is -0.128. The normalized spacial score (nSPS) is 11.0. The Balaban J connectivity index is 1.62. The van der Waals surface area contributed by atoms with E-state index in [1.807, 2.05) is 0 Å². The van der Waals surface area contributed by atoms with E-state index >= 15 is 0 Å². The molecule has 7 nitrogen and oxygen atoms in total. The van der Waals surface area contributed by atoms with Crippen LogP contribution in [0.5, 0.6) is 11.5 Å². The molecule has 3 aromatic rings. The molecule has 0 aliphatic heterocycles. The van der Waals surface area contributed by atoms with Crippen LogP contribution in [-0.2, 0) is 4.79 Å². The monoisotopic (exact) mass is 358 g/mol. The predicted octanol–water partition coefficient (Wildman–Crippen LogP) is 2.88. The van der Waals surface area contributed by atoms with E-state index in [0.717, 1.165) is 0 Å². The number of hydrogen-bond donors (Lipinski definition) is 0. The molecule has 0 fully saturated rings. The Morgan fingerprint density at radius 3 is 2.62 bits per heavy atom. The number of tetrazole rings is 1. The van der Waals surface area contributed by atoms with Gasteiger partial charge in [-0.2, -0.15) is 8.78 Å². The average Bonchev–Trinajstić information content (AvgIpc) is 3.16. The summed E-state index contributed by atoms with van der Waals surface area (Å²) in [6.07, 6.45) is 4.15. The van der Waals surface area contributed by atoms with E-state index in [2.05, 4.69) is 20.3 Å². The van der Waals surface area contributed by atoms with Crippen molar-refractivity contribution in [3.63, 3.8) is 0 Å². The first kappa shape index (κ1) is 17.2. The fourth-order valence-corrected chi connectivity index (χ4v) is 2.04.